The van der Waals surface area contributed by atoms with E-state index < -0.39 is 5.82 Å². The Bertz CT molecular complexity index is 270. The Morgan fingerprint density at radius 3 is 2.67 bits per heavy atom. The molecule has 0 fully saturated rings. The minimum atomic E-state index is -0.555. The van der Waals surface area contributed by atoms with Gasteiger partial charge in [-0.3, -0.25) is 0 Å². The number of hydroxylamine groups is 1. The largest absolute Gasteiger partial charge is 0.507 e. The Kier molecular flexibility index (Phi) is 3.02. The number of benzene rings is 1. The van der Waals surface area contributed by atoms with E-state index in [2.05, 4.69) is 15.9 Å². The Labute approximate surface area is 76.9 Å². The van der Waals surface area contributed by atoms with Crippen molar-refractivity contribution < 1.29 is 14.7 Å². The third-order valence-electron chi connectivity index (χ3n) is 1.35. The van der Waals surface area contributed by atoms with E-state index in [9.17, 15) is 4.39 Å². The molecule has 0 unspecified atom stereocenters. The van der Waals surface area contributed by atoms with Gasteiger partial charge in [0.2, 0.25) is 0 Å². The van der Waals surface area contributed by atoms with E-state index in [1.165, 1.54) is 12.1 Å². The first kappa shape index (κ1) is 9.44. The van der Waals surface area contributed by atoms with Gasteiger partial charge in [-0.25, -0.2) is 9.87 Å². The van der Waals surface area contributed by atoms with Gasteiger partial charge in [0.15, 0.2) is 0 Å². The minimum Gasteiger partial charge on any atom is -0.507 e. The molecule has 0 atom stereocenters. The van der Waals surface area contributed by atoms with Gasteiger partial charge < -0.3 is 10.3 Å². The molecule has 0 spiro atoms. The lowest BCUT2D eigenvalue weighted by atomic mass is 10.2. The van der Waals surface area contributed by atoms with Crippen molar-refractivity contribution in [1.82, 2.24) is 5.48 Å². The second-order valence-corrected chi connectivity index (χ2v) is 3.04. The second-order valence-electron chi connectivity index (χ2n) is 2.25. The summed E-state index contributed by atoms with van der Waals surface area (Å²) in [4.78, 5) is 0. The zero-order valence-corrected chi connectivity index (χ0v) is 7.60. The van der Waals surface area contributed by atoms with Crippen molar-refractivity contribution in [2.45, 2.75) is 6.54 Å². The molecule has 0 aromatic heterocycles. The number of phenolic OH excluding ortho intramolecular Hbond substituents is 1. The van der Waals surface area contributed by atoms with Gasteiger partial charge in [-0.05, 0) is 33.6 Å². The van der Waals surface area contributed by atoms with Crippen LogP contribution in [0.15, 0.2) is 16.6 Å². The van der Waals surface area contributed by atoms with Gasteiger partial charge in [0.1, 0.15) is 11.6 Å². The van der Waals surface area contributed by atoms with Gasteiger partial charge in [0.25, 0.3) is 0 Å². The molecule has 1 aromatic rings. The van der Waals surface area contributed by atoms with Crippen LogP contribution in [0.1, 0.15) is 5.56 Å². The highest BCUT2D eigenvalue weighted by Crippen LogP contribution is 2.27. The highest BCUT2D eigenvalue weighted by atomic mass is 79.9. The van der Waals surface area contributed by atoms with Crippen LogP contribution in [0.25, 0.3) is 0 Å². The molecular weight excluding hydrogens is 229 g/mol. The van der Waals surface area contributed by atoms with Crippen molar-refractivity contribution in [3.63, 3.8) is 0 Å². The molecule has 3 N–H and O–H groups in total. The third kappa shape index (κ3) is 1.94. The Morgan fingerprint density at radius 2 is 2.17 bits per heavy atom. The standard InChI is InChI=1S/C7H7BrFNO2/c8-7-5(9)1-4(3-10-12)2-6(7)11/h1-2,10-12H,3H2. The summed E-state index contributed by atoms with van der Waals surface area (Å²) in [6.45, 7) is 0.0950. The monoisotopic (exact) mass is 235 g/mol. The van der Waals surface area contributed by atoms with Crippen LogP contribution in [0, 0.1) is 5.82 Å². The lowest BCUT2D eigenvalue weighted by Crippen LogP contribution is -2.06. The van der Waals surface area contributed by atoms with E-state index in [0.29, 0.717) is 5.56 Å². The van der Waals surface area contributed by atoms with Crippen LogP contribution in [0.4, 0.5) is 4.39 Å². The first-order chi connectivity index (χ1) is 5.65. The molecule has 66 valence electrons. The maximum atomic E-state index is 12.8. The third-order valence-corrected chi connectivity index (χ3v) is 2.14. The van der Waals surface area contributed by atoms with Crippen molar-refractivity contribution in [1.29, 1.82) is 0 Å². The number of halogens is 2. The number of rotatable bonds is 2. The molecule has 0 radical (unpaired) electrons. The van der Waals surface area contributed by atoms with Crippen molar-refractivity contribution >= 4 is 15.9 Å². The molecule has 0 heterocycles. The molecule has 0 saturated carbocycles. The highest BCUT2D eigenvalue weighted by Gasteiger charge is 2.06. The van der Waals surface area contributed by atoms with Crippen molar-refractivity contribution in [2.24, 2.45) is 0 Å². The van der Waals surface area contributed by atoms with Crippen molar-refractivity contribution in [3.8, 4) is 5.75 Å². The molecule has 0 aliphatic carbocycles. The molecule has 0 aliphatic heterocycles. The Morgan fingerprint density at radius 1 is 1.50 bits per heavy atom. The smallest absolute Gasteiger partial charge is 0.141 e. The predicted molar refractivity (Wildman–Crippen MR) is 44.4 cm³/mol. The summed E-state index contributed by atoms with van der Waals surface area (Å²) in [6, 6.07) is 2.57. The maximum absolute atomic E-state index is 12.8. The molecule has 3 nitrogen and oxygen atoms in total. The summed E-state index contributed by atoms with van der Waals surface area (Å²) in [5.41, 5.74) is 2.33. The van der Waals surface area contributed by atoms with Gasteiger partial charge in [-0.2, -0.15) is 0 Å². The fourth-order valence-electron chi connectivity index (χ4n) is 0.822. The quantitative estimate of drug-likeness (QED) is 0.686. The molecule has 1 rings (SSSR count). The van der Waals surface area contributed by atoms with E-state index in [4.69, 9.17) is 10.3 Å². The predicted octanol–water partition coefficient (Wildman–Crippen LogP) is 1.77. The molecule has 0 bridgehead atoms. The lowest BCUT2D eigenvalue weighted by Gasteiger charge is -2.03. The number of aromatic hydroxyl groups is 1. The number of hydrogen-bond donors (Lipinski definition) is 3. The molecular formula is C7H7BrFNO2. The molecule has 5 heteroatoms. The molecule has 0 aliphatic rings. The van der Waals surface area contributed by atoms with E-state index in [1.54, 1.807) is 0 Å². The van der Waals surface area contributed by atoms with Gasteiger partial charge in [0, 0.05) is 6.54 Å². The summed E-state index contributed by atoms with van der Waals surface area (Å²) >= 11 is 2.86. The summed E-state index contributed by atoms with van der Waals surface area (Å²) in [7, 11) is 0. The maximum Gasteiger partial charge on any atom is 0.141 e. The fraction of sp³-hybridized carbons (Fsp3) is 0.143. The number of hydrogen-bond acceptors (Lipinski definition) is 3. The second kappa shape index (κ2) is 3.84. The van der Waals surface area contributed by atoms with Crippen LogP contribution in [0.3, 0.4) is 0 Å². The molecule has 12 heavy (non-hydrogen) atoms. The van der Waals surface area contributed by atoms with Gasteiger partial charge in [-0.15, -0.1) is 0 Å². The summed E-state index contributed by atoms with van der Waals surface area (Å²) in [5, 5.41) is 17.4. The molecule has 0 amide bonds. The minimum absolute atomic E-state index is 0.0317. The van der Waals surface area contributed by atoms with Gasteiger partial charge >= 0.3 is 0 Å². The first-order valence-corrected chi connectivity index (χ1v) is 3.98. The molecule has 1 aromatic carbocycles. The van der Waals surface area contributed by atoms with Gasteiger partial charge in [0.05, 0.1) is 4.47 Å². The van der Waals surface area contributed by atoms with E-state index in [1.807, 2.05) is 5.48 Å². The van der Waals surface area contributed by atoms with Crippen LogP contribution >= 0.6 is 15.9 Å². The summed E-state index contributed by atoms with van der Waals surface area (Å²) < 4.78 is 12.9. The zero-order chi connectivity index (χ0) is 9.14. The average molecular weight is 236 g/mol. The molecule has 0 saturated heterocycles. The van der Waals surface area contributed by atoms with Crippen LogP contribution in [-0.2, 0) is 6.54 Å². The van der Waals surface area contributed by atoms with Crippen LogP contribution in [0.5, 0.6) is 5.75 Å². The van der Waals surface area contributed by atoms with Crippen molar-refractivity contribution in [3.05, 3.63) is 28.0 Å². The SMILES string of the molecule is ONCc1cc(O)c(Br)c(F)c1. The summed E-state index contributed by atoms with van der Waals surface area (Å²) in [5.74, 6) is -0.736. The Hall–Kier alpha value is -0.650. The van der Waals surface area contributed by atoms with Crippen LogP contribution in [0.2, 0.25) is 0 Å². The number of nitrogens with one attached hydrogen (secondary N) is 1. The average Bonchev–Trinajstić information content (AvgIpc) is 2.01. The Balaban J connectivity index is 3.04. The fourth-order valence-corrected chi connectivity index (χ4v) is 1.05. The van der Waals surface area contributed by atoms with E-state index in [0.717, 1.165) is 0 Å². The zero-order valence-electron chi connectivity index (χ0n) is 6.01. The van der Waals surface area contributed by atoms with Gasteiger partial charge in [-0.1, -0.05) is 0 Å². The highest BCUT2D eigenvalue weighted by molar-refractivity contribution is 9.10. The first-order valence-electron chi connectivity index (χ1n) is 3.19. The topological polar surface area (TPSA) is 52.5 Å². The number of phenols is 1. The van der Waals surface area contributed by atoms with E-state index >= 15 is 0 Å². The normalized spacial score (nSPS) is 10.2. The van der Waals surface area contributed by atoms with Crippen LogP contribution < -0.4 is 5.48 Å². The lowest BCUT2D eigenvalue weighted by molar-refractivity contribution is 0.161. The van der Waals surface area contributed by atoms with Crippen molar-refractivity contribution in [2.75, 3.05) is 0 Å². The van der Waals surface area contributed by atoms with Crippen LogP contribution in [-0.4, -0.2) is 10.3 Å². The van der Waals surface area contributed by atoms with E-state index in [-0.39, 0.29) is 16.8 Å². The summed E-state index contributed by atoms with van der Waals surface area (Å²) in [6.07, 6.45) is 0.